The molecule has 0 saturated heterocycles. The minimum absolute atomic E-state index is 0.0708. The summed E-state index contributed by atoms with van der Waals surface area (Å²) in [5.41, 5.74) is 20.3. The summed E-state index contributed by atoms with van der Waals surface area (Å²) in [6.45, 7) is 4.76. The molecule has 3 heteroatoms. The van der Waals surface area contributed by atoms with E-state index in [2.05, 4.69) is 195 Å². The van der Waals surface area contributed by atoms with E-state index in [-0.39, 0.29) is 5.41 Å². The molecule has 8 aromatic carbocycles. The van der Waals surface area contributed by atoms with Gasteiger partial charge in [-0.05, 0) is 135 Å². The van der Waals surface area contributed by atoms with Crippen molar-refractivity contribution in [3.63, 3.8) is 0 Å². The van der Waals surface area contributed by atoms with Crippen molar-refractivity contribution in [2.24, 2.45) is 0 Å². The average Bonchev–Trinajstić information content (AvgIpc) is 3.87. The van der Waals surface area contributed by atoms with E-state index in [0.29, 0.717) is 17.2 Å². The standard InChI is InChI=1S/C58H39NO2/c1-57(2)46-20-10-6-18-43(46)45-34-37(26-30-47(45)57)36-24-27-39(28-25-36)59(38-14-4-3-5-15-38)40-29-32-52-54(35-40)60-53-33-31-51-55(56(53)61-52)44-19-9-13-23-50(44)58(51)48-21-11-7-16-41(48)42-17-8-12-22-49(42)58/h3-7,9,11-16,18-19,21-35H,10,20H2,1-2H3. The zero-order valence-electron chi connectivity index (χ0n) is 33.9. The fourth-order valence-electron chi connectivity index (χ4n) is 11.2. The molecule has 0 aromatic heterocycles. The topological polar surface area (TPSA) is 21.7 Å². The summed E-state index contributed by atoms with van der Waals surface area (Å²) in [4.78, 5) is 2.28. The molecule has 288 valence electrons. The van der Waals surface area contributed by atoms with Crippen LogP contribution in [-0.2, 0) is 10.8 Å². The minimum Gasteiger partial charge on any atom is -0.449 e. The zero-order valence-corrected chi connectivity index (χ0v) is 33.9. The third-order valence-electron chi connectivity index (χ3n) is 13.9. The van der Waals surface area contributed by atoms with E-state index >= 15 is 0 Å². The monoisotopic (exact) mass is 781 g/mol. The number of ether oxygens (including phenoxy) is 2. The van der Waals surface area contributed by atoms with Crippen LogP contribution in [0.1, 0.15) is 60.1 Å². The maximum atomic E-state index is 6.98. The molecular formula is C58H39NO2. The first-order valence-corrected chi connectivity index (χ1v) is 21.3. The third kappa shape index (κ3) is 4.65. The lowest BCUT2D eigenvalue weighted by atomic mass is 9.70. The van der Waals surface area contributed by atoms with Crippen LogP contribution >= 0.6 is 0 Å². The van der Waals surface area contributed by atoms with Crippen LogP contribution in [0.15, 0.2) is 182 Å². The second-order valence-electron chi connectivity index (χ2n) is 17.3. The van der Waals surface area contributed by atoms with Crippen molar-refractivity contribution in [2.75, 3.05) is 4.90 Å². The van der Waals surface area contributed by atoms with Crippen molar-refractivity contribution in [3.05, 3.63) is 227 Å². The smallest absolute Gasteiger partial charge is 0.178 e. The van der Waals surface area contributed by atoms with Crippen molar-refractivity contribution in [1.82, 2.24) is 0 Å². The largest absolute Gasteiger partial charge is 0.449 e. The van der Waals surface area contributed by atoms with Gasteiger partial charge >= 0.3 is 0 Å². The first-order valence-electron chi connectivity index (χ1n) is 21.3. The predicted octanol–water partition coefficient (Wildman–Crippen LogP) is 15.1. The lowest BCUT2D eigenvalue weighted by molar-refractivity contribution is 0.360. The highest BCUT2D eigenvalue weighted by atomic mass is 16.6. The van der Waals surface area contributed by atoms with Gasteiger partial charge in [0.25, 0.3) is 0 Å². The fourth-order valence-corrected chi connectivity index (χ4v) is 11.2. The molecule has 0 saturated carbocycles. The van der Waals surface area contributed by atoms with Gasteiger partial charge in [-0.3, -0.25) is 0 Å². The molecule has 0 radical (unpaired) electrons. The second-order valence-corrected chi connectivity index (χ2v) is 17.3. The third-order valence-corrected chi connectivity index (χ3v) is 13.9. The number of hydrogen-bond donors (Lipinski definition) is 0. The van der Waals surface area contributed by atoms with Gasteiger partial charge in [0.2, 0.25) is 0 Å². The second kappa shape index (κ2) is 12.5. The number of anilines is 3. The van der Waals surface area contributed by atoms with Gasteiger partial charge in [-0.15, -0.1) is 0 Å². The lowest BCUT2D eigenvalue weighted by Gasteiger charge is -2.31. The lowest BCUT2D eigenvalue weighted by Crippen LogP contribution is -2.25. The molecule has 1 aliphatic heterocycles. The van der Waals surface area contributed by atoms with E-state index in [9.17, 15) is 0 Å². The van der Waals surface area contributed by atoms with Crippen molar-refractivity contribution in [1.29, 1.82) is 0 Å². The molecule has 13 rings (SSSR count). The molecule has 0 fully saturated rings. The summed E-state index contributed by atoms with van der Waals surface area (Å²) in [6, 6.07) is 65.5. The van der Waals surface area contributed by atoms with Gasteiger partial charge < -0.3 is 14.4 Å². The Balaban J connectivity index is 0.878. The summed E-state index contributed by atoms with van der Waals surface area (Å²) in [5.74, 6) is 2.82. The van der Waals surface area contributed by atoms with E-state index in [1.165, 1.54) is 55.6 Å². The number of para-hydroxylation sites is 1. The Morgan fingerprint density at radius 3 is 2.10 bits per heavy atom. The number of benzene rings is 7. The minimum atomic E-state index is -0.497. The van der Waals surface area contributed by atoms with Crippen LogP contribution < -0.4 is 14.4 Å². The van der Waals surface area contributed by atoms with Gasteiger partial charge in [-0.1, -0.05) is 141 Å². The van der Waals surface area contributed by atoms with Gasteiger partial charge in [-0.2, -0.15) is 0 Å². The van der Waals surface area contributed by atoms with Crippen molar-refractivity contribution < 1.29 is 9.47 Å². The van der Waals surface area contributed by atoms with Crippen LogP contribution in [0.25, 0.3) is 39.0 Å². The van der Waals surface area contributed by atoms with E-state index in [4.69, 9.17) is 9.47 Å². The van der Waals surface area contributed by atoms with Gasteiger partial charge in [0.05, 0.1) is 11.1 Å². The van der Waals surface area contributed by atoms with Gasteiger partial charge in [0.15, 0.2) is 23.0 Å². The van der Waals surface area contributed by atoms with E-state index < -0.39 is 5.41 Å². The van der Waals surface area contributed by atoms with Crippen molar-refractivity contribution >= 4 is 22.6 Å². The Kier molecular flexibility index (Phi) is 7.03. The Morgan fingerprint density at radius 1 is 0.541 bits per heavy atom. The summed E-state index contributed by atoms with van der Waals surface area (Å²) in [5, 5.41) is 0. The molecule has 0 bridgehead atoms. The van der Waals surface area contributed by atoms with Gasteiger partial charge in [0.1, 0.15) is 0 Å². The number of nitrogens with zero attached hydrogens (tertiary/aromatic N) is 1. The maximum Gasteiger partial charge on any atom is 0.178 e. The molecule has 61 heavy (non-hydrogen) atoms. The fraction of sp³-hybridized carbons (Fsp3) is 0.103. The van der Waals surface area contributed by atoms with Gasteiger partial charge in [-0.25, -0.2) is 0 Å². The van der Waals surface area contributed by atoms with Crippen LogP contribution in [0.3, 0.4) is 0 Å². The Labute approximate surface area is 356 Å². The Hall–Kier alpha value is -7.54. The molecule has 1 atom stereocenters. The molecule has 5 aliphatic rings. The molecule has 4 aliphatic carbocycles. The maximum absolute atomic E-state index is 6.98. The quantitative estimate of drug-likeness (QED) is 0.177. The normalized spacial score (nSPS) is 15.8. The molecule has 0 N–H and O–H groups in total. The highest BCUT2D eigenvalue weighted by Crippen LogP contribution is 2.66. The number of fused-ring (bicyclic) bond motifs is 15. The number of allylic oxidation sites excluding steroid dienone is 4. The van der Waals surface area contributed by atoms with Crippen molar-refractivity contribution in [3.8, 4) is 56.4 Å². The first-order chi connectivity index (χ1) is 30.0. The van der Waals surface area contributed by atoms with Crippen LogP contribution in [0.4, 0.5) is 17.1 Å². The van der Waals surface area contributed by atoms with Crippen LogP contribution in [0.2, 0.25) is 0 Å². The van der Waals surface area contributed by atoms with Crippen molar-refractivity contribution in [2.45, 2.75) is 37.5 Å². The Morgan fingerprint density at radius 2 is 1.25 bits per heavy atom. The molecule has 1 spiro atoms. The molecule has 1 heterocycles. The molecule has 8 aromatic rings. The van der Waals surface area contributed by atoms with E-state index in [0.717, 1.165) is 52.3 Å². The summed E-state index contributed by atoms with van der Waals surface area (Å²) in [6.07, 6.45) is 6.93. The summed E-state index contributed by atoms with van der Waals surface area (Å²) in [7, 11) is 0. The molecular weight excluding hydrogens is 743 g/mol. The highest BCUT2D eigenvalue weighted by Gasteiger charge is 2.53. The average molecular weight is 782 g/mol. The SMILES string of the molecule is CC1(C)C2=C(C=CCC2)c2cc(-c3ccc(N(c4ccccc4)c4ccc5c(c4)Oc4ccc6c(c4O5)-c4ccccc4C64c5ccc#cc5-c5ccccc54)cc3)ccc21. The number of hydrogen-bond acceptors (Lipinski definition) is 3. The molecule has 1 unspecified atom stereocenters. The molecule has 3 nitrogen and oxygen atoms in total. The van der Waals surface area contributed by atoms with Crippen LogP contribution in [-0.4, -0.2) is 0 Å². The predicted molar refractivity (Wildman–Crippen MR) is 245 cm³/mol. The Bertz CT molecular complexity index is 3180. The van der Waals surface area contributed by atoms with Crippen LogP contribution in [0, 0.1) is 12.1 Å². The zero-order chi connectivity index (χ0) is 40.5. The van der Waals surface area contributed by atoms with Gasteiger partial charge in [0, 0.05) is 34.0 Å². The van der Waals surface area contributed by atoms with E-state index in [1.54, 1.807) is 5.57 Å². The first kappa shape index (κ1) is 34.3. The van der Waals surface area contributed by atoms with E-state index in [1.807, 2.05) is 12.1 Å². The summed E-state index contributed by atoms with van der Waals surface area (Å²) < 4.78 is 13.8. The number of rotatable bonds is 4. The summed E-state index contributed by atoms with van der Waals surface area (Å²) >= 11 is 0. The molecule has 0 amide bonds. The highest BCUT2D eigenvalue weighted by molar-refractivity contribution is 5.98. The van der Waals surface area contributed by atoms with Crippen LogP contribution in [0.5, 0.6) is 23.0 Å².